The average molecular weight is 396 g/mol. The van der Waals surface area contributed by atoms with Crippen LogP contribution < -0.4 is 10.1 Å². The number of sulfone groups is 1. The van der Waals surface area contributed by atoms with Crippen molar-refractivity contribution in [1.82, 2.24) is 5.32 Å². The van der Waals surface area contributed by atoms with Crippen LogP contribution in [-0.4, -0.2) is 21.8 Å². The number of methoxy groups -OCH3 is 1. The highest BCUT2D eigenvalue weighted by Crippen LogP contribution is 2.31. The molecule has 3 aromatic carbocycles. The summed E-state index contributed by atoms with van der Waals surface area (Å²) in [6.45, 7) is 2.86. The van der Waals surface area contributed by atoms with E-state index in [1.165, 1.54) is 11.8 Å². The Balaban J connectivity index is 1.82. The van der Waals surface area contributed by atoms with Gasteiger partial charge in [-0.25, -0.2) is 8.42 Å². The van der Waals surface area contributed by atoms with Gasteiger partial charge in [-0.1, -0.05) is 48.5 Å². The Morgan fingerprint density at radius 3 is 2.25 bits per heavy atom. The molecule has 0 aliphatic heterocycles. The van der Waals surface area contributed by atoms with E-state index >= 15 is 0 Å². The SMILES string of the molecule is COc1ccc(CNC(C)c2ccccc2)cc1-c1ccc(S(C)(=O)=O)cc1. The van der Waals surface area contributed by atoms with E-state index in [0.717, 1.165) is 22.4 Å². The van der Waals surface area contributed by atoms with Crippen LogP contribution in [0.2, 0.25) is 0 Å². The van der Waals surface area contributed by atoms with Crippen LogP contribution in [-0.2, 0) is 16.4 Å². The molecule has 0 saturated heterocycles. The monoisotopic (exact) mass is 395 g/mol. The van der Waals surface area contributed by atoms with Crippen molar-refractivity contribution < 1.29 is 13.2 Å². The van der Waals surface area contributed by atoms with Gasteiger partial charge in [0.15, 0.2) is 9.84 Å². The third-order valence-corrected chi connectivity index (χ3v) is 5.90. The van der Waals surface area contributed by atoms with Crippen LogP contribution in [0, 0.1) is 0 Å². The number of nitrogens with one attached hydrogen (secondary N) is 1. The van der Waals surface area contributed by atoms with Gasteiger partial charge in [-0.2, -0.15) is 0 Å². The molecule has 146 valence electrons. The third-order valence-electron chi connectivity index (χ3n) is 4.77. The Labute approximate surface area is 167 Å². The molecule has 4 nitrogen and oxygen atoms in total. The first-order valence-corrected chi connectivity index (χ1v) is 11.0. The lowest BCUT2D eigenvalue weighted by molar-refractivity contribution is 0.416. The van der Waals surface area contributed by atoms with Crippen molar-refractivity contribution in [1.29, 1.82) is 0 Å². The van der Waals surface area contributed by atoms with E-state index in [-0.39, 0.29) is 6.04 Å². The van der Waals surface area contributed by atoms with Crippen LogP contribution in [0.15, 0.2) is 77.7 Å². The largest absolute Gasteiger partial charge is 0.496 e. The second-order valence-electron chi connectivity index (χ2n) is 6.84. The van der Waals surface area contributed by atoms with Gasteiger partial charge in [-0.05, 0) is 47.9 Å². The Morgan fingerprint density at radius 1 is 0.964 bits per heavy atom. The zero-order valence-corrected chi connectivity index (χ0v) is 17.2. The van der Waals surface area contributed by atoms with E-state index < -0.39 is 9.84 Å². The molecule has 0 radical (unpaired) electrons. The van der Waals surface area contributed by atoms with Crippen LogP contribution in [0.25, 0.3) is 11.1 Å². The van der Waals surface area contributed by atoms with Gasteiger partial charge in [0, 0.05) is 24.4 Å². The summed E-state index contributed by atoms with van der Waals surface area (Å²) in [5.74, 6) is 0.756. The molecule has 0 aliphatic carbocycles. The zero-order valence-electron chi connectivity index (χ0n) is 16.3. The van der Waals surface area contributed by atoms with Crippen molar-refractivity contribution in [3.8, 4) is 16.9 Å². The molecule has 0 heterocycles. The van der Waals surface area contributed by atoms with Gasteiger partial charge in [-0.15, -0.1) is 0 Å². The molecule has 0 saturated carbocycles. The maximum Gasteiger partial charge on any atom is 0.175 e. The number of hydrogen-bond donors (Lipinski definition) is 1. The summed E-state index contributed by atoms with van der Waals surface area (Å²) < 4.78 is 28.9. The Hall–Kier alpha value is -2.63. The topological polar surface area (TPSA) is 55.4 Å². The van der Waals surface area contributed by atoms with Crippen molar-refractivity contribution in [3.63, 3.8) is 0 Å². The van der Waals surface area contributed by atoms with Crippen LogP contribution in [0.1, 0.15) is 24.1 Å². The molecule has 0 aliphatic rings. The summed E-state index contributed by atoms with van der Waals surface area (Å²) in [6, 6.07) is 23.5. The van der Waals surface area contributed by atoms with Crippen LogP contribution >= 0.6 is 0 Å². The summed E-state index contributed by atoms with van der Waals surface area (Å²) in [5.41, 5.74) is 4.23. The second-order valence-corrected chi connectivity index (χ2v) is 8.86. The molecule has 5 heteroatoms. The summed E-state index contributed by atoms with van der Waals surface area (Å²) >= 11 is 0. The molecule has 3 rings (SSSR count). The number of benzene rings is 3. The van der Waals surface area contributed by atoms with Gasteiger partial charge in [0.25, 0.3) is 0 Å². The first-order valence-electron chi connectivity index (χ1n) is 9.14. The number of hydrogen-bond acceptors (Lipinski definition) is 4. The predicted molar refractivity (Wildman–Crippen MR) is 113 cm³/mol. The standard InChI is InChI=1S/C23H25NO3S/c1-17(19-7-5-4-6-8-19)24-16-18-9-14-23(27-2)22(15-18)20-10-12-21(13-11-20)28(3,25)26/h4-15,17,24H,16H2,1-3H3. The van der Waals surface area contributed by atoms with Gasteiger partial charge in [0.1, 0.15) is 5.75 Å². The quantitative estimate of drug-likeness (QED) is 0.634. The van der Waals surface area contributed by atoms with Gasteiger partial charge < -0.3 is 10.1 Å². The van der Waals surface area contributed by atoms with Crippen LogP contribution in [0.3, 0.4) is 0 Å². The predicted octanol–water partition coefficient (Wildman–Crippen LogP) is 4.62. The van der Waals surface area contributed by atoms with E-state index in [2.05, 4.69) is 30.4 Å². The van der Waals surface area contributed by atoms with Gasteiger partial charge in [0.2, 0.25) is 0 Å². The normalized spacial score (nSPS) is 12.5. The summed E-state index contributed by atoms with van der Waals surface area (Å²) in [6.07, 6.45) is 1.21. The zero-order chi connectivity index (χ0) is 20.1. The lowest BCUT2D eigenvalue weighted by atomic mass is 10.0. The molecular weight excluding hydrogens is 370 g/mol. The van der Waals surface area contributed by atoms with Crippen LogP contribution in [0.5, 0.6) is 5.75 Å². The summed E-state index contributed by atoms with van der Waals surface area (Å²) in [7, 11) is -1.57. The summed E-state index contributed by atoms with van der Waals surface area (Å²) in [5, 5.41) is 3.54. The first-order chi connectivity index (χ1) is 13.4. The summed E-state index contributed by atoms with van der Waals surface area (Å²) in [4.78, 5) is 0.310. The molecule has 0 amide bonds. The van der Waals surface area contributed by atoms with Crippen LogP contribution in [0.4, 0.5) is 0 Å². The average Bonchev–Trinajstić information content (AvgIpc) is 2.72. The minimum absolute atomic E-state index is 0.237. The highest BCUT2D eigenvalue weighted by molar-refractivity contribution is 7.90. The molecule has 1 N–H and O–H groups in total. The molecule has 1 unspecified atom stereocenters. The minimum Gasteiger partial charge on any atom is -0.496 e. The van der Waals surface area contributed by atoms with E-state index in [1.807, 2.05) is 42.5 Å². The third kappa shape index (κ3) is 4.80. The van der Waals surface area contributed by atoms with E-state index in [9.17, 15) is 8.42 Å². The maximum absolute atomic E-state index is 11.7. The van der Waals surface area contributed by atoms with Gasteiger partial charge >= 0.3 is 0 Å². The fraction of sp³-hybridized carbons (Fsp3) is 0.217. The highest BCUT2D eigenvalue weighted by atomic mass is 32.2. The molecule has 0 spiro atoms. The molecule has 0 aromatic heterocycles. The van der Waals surface area contributed by atoms with E-state index in [0.29, 0.717) is 11.4 Å². The molecule has 28 heavy (non-hydrogen) atoms. The van der Waals surface area contributed by atoms with Crippen molar-refractivity contribution in [3.05, 3.63) is 83.9 Å². The Morgan fingerprint density at radius 2 is 1.64 bits per heavy atom. The number of rotatable bonds is 7. The maximum atomic E-state index is 11.7. The number of ether oxygens (including phenoxy) is 1. The molecule has 0 bridgehead atoms. The smallest absolute Gasteiger partial charge is 0.175 e. The van der Waals surface area contributed by atoms with Crippen molar-refractivity contribution in [2.75, 3.05) is 13.4 Å². The van der Waals surface area contributed by atoms with Crippen molar-refractivity contribution in [2.24, 2.45) is 0 Å². The first kappa shape index (κ1) is 20.1. The van der Waals surface area contributed by atoms with Gasteiger partial charge in [0.05, 0.1) is 12.0 Å². The highest BCUT2D eigenvalue weighted by Gasteiger charge is 2.11. The van der Waals surface area contributed by atoms with E-state index in [1.54, 1.807) is 19.2 Å². The van der Waals surface area contributed by atoms with E-state index in [4.69, 9.17) is 4.74 Å². The molecule has 1 atom stereocenters. The minimum atomic E-state index is -3.21. The lowest BCUT2D eigenvalue weighted by Gasteiger charge is -2.16. The lowest BCUT2D eigenvalue weighted by Crippen LogP contribution is -2.18. The Bertz CT molecular complexity index is 1030. The Kier molecular flexibility index (Phi) is 6.17. The van der Waals surface area contributed by atoms with Gasteiger partial charge in [-0.3, -0.25) is 0 Å². The van der Waals surface area contributed by atoms with Crippen molar-refractivity contribution >= 4 is 9.84 Å². The molecular formula is C23H25NO3S. The molecule has 0 fully saturated rings. The fourth-order valence-electron chi connectivity index (χ4n) is 3.10. The van der Waals surface area contributed by atoms with Crippen molar-refractivity contribution in [2.45, 2.75) is 24.4 Å². The second kappa shape index (κ2) is 8.59. The molecule has 3 aromatic rings. The fourth-order valence-corrected chi connectivity index (χ4v) is 3.73.